The minimum absolute atomic E-state index is 0.322. The summed E-state index contributed by atoms with van der Waals surface area (Å²) < 4.78 is 26.9. The van der Waals surface area contributed by atoms with Crippen LogP contribution < -0.4 is 0 Å². The quantitative estimate of drug-likeness (QED) is 0.354. The first-order valence-corrected chi connectivity index (χ1v) is 14.8. The molecule has 11 heteroatoms. The van der Waals surface area contributed by atoms with Crippen LogP contribution in [0.1, 0.15) is 27.7 Å². The molecule has 0 radical (unpaired) electrons. The van der Waals surface area contributed by atoms with E-state index >= 15 is 0 Å². The van der Waals surface area contributed by atoms with E-state index in [0.717, 1.165) is 0 Å². The van der Waals surface area contributed by atoms with Crippen LogP contribution in [0.25, 0.3) is 0 Å². The van der Waals surface area contributed by atoms with Crippen LogP contribution >= 0.6 is 13.4 Å². The van der Waals surface area contributed by atoms with Crippen molar-refractivity contribution in [2.45, 2.75) is 27.7 Å². The van der Waals surface area contributed by atoms with E-state index in [4.69, 9.17) is 56.2 Å². The molecule has 176 valence electrons. The molecule has 2 N–H and O–H groups in total. The van der Waals surface area contributed by atoms with Gasteiger partial charge in [0.25, 0.3) is 0 Å². The Balaban J connectivity index is 0.000000518. The zero-order valence-corrected chi connectivity index (χ0v) is 21.7. The van der Waals surface area contributed by atoms with Gasteiger partial charge in [-0.3, -0.25) is 0 Å². The van der Waals surface area contributed by atoms with Crippen LogP contribution in [-0.2, 0) is 46.0 Å². The Morgan fingerprint density at radius 1 is 0.581 bits per heavy atom. The Morgan fingerprint density at radius 3 is 1.00 bits per heavy atom. The number of phenols is 2. The van der Waals surface area contributed by atoms with Crippen molar-refractivity contribution in [3.05, 3.63) is 60.7 Å². The predicted octanol–water partition coefficient (Wildman–Crippen LogP) is 6.38. The Hall–Kier alpha value is -0.860. The number of benzene rings is 2. The highest BCUT2D eigenvalue weighted by Gasteiger charge is 2.31. The highest BCUT2D eigenvalue weighted by atomic mass is 32.5. The minimum atomic E-state index is -2.87. The second-order valence-electron chi connectivity index (χ2n) is 5.32. The van der Waals surface area contributed by atoms with Gasteiger partial charge in [0, 0.05) is 0 Å². The molecule has 0 unspecified atom stereocenters. The highest BCUT2D eigenvalue weighted by Crippen LogP contribution is 2.66. The molecule has 0 amide bonds. The number of hydrogen-bond acceptors (Lipinski definition) is 9. The van der Waals surface area contributed by atoms with Crippen LogP contribution in [0, 0.1) is 0 Å². The maximum atomic E-state index is 8.63. The Kier molecular flexibility index (Phi) is 17.2. The first kappa shape index (κ1) is 30.1. The summed E-state index contributed by atoms with van der Waals surface area (Å²) in [6.45, 7) is 3.09. The zero-order chi connectivity index (χ0) is 23.6. The van der Waals surface area contributed by atoms with Crippen LogP contribution in [0.15, 0.2) is 60.7 Å². The molecular weight excluding hydrogens is 478 g/mol. The number of hydrogen-bond donors (Lipinski definition) is 2. The van der Waals surface area contributed by atoms with Gasteiger partial charge in [0.1, 0.15) is 11.5 Å². The summed E-state index contributed by atoms with van der Waals surface area (Å²) in [7, 11) is 0. The van der Waals surface area contributed by atoms with Crippen molar-refractivity contribution in [2.75, 3.05) is 26.4 Å². The van der Waals surface area contributed by atoms with Gasteiger partial charge in [-0.1, -0.05) is 36.4 Å². The fourth-order valence-electron chi connectivity index (χ4n) is 1.78. The van der Waals surface area contributed by atoms with Crippen LogP contribution in [0.5, 0.6) is 11.5 Å². The average Bonchev–Trinajstić information content (AvgIpc) is 2.70. The third-order valence-electron chi connectivity index (χ3n) is 2.86. The van der Waals surface area contributed by atoms with Crippen LogP contribution in [0.4, 0.5) is 0 Å². The van der Waals surface area contributed by atoms with E-state index < -0.39 is 13.4 Å². The molecule has 2 aromatic carbocycles. The van der Waals surface area contributed by atoms with E-state index in [1.807, 2.05) is 39.8 Å². The average molecular weight is 511 g/mol. The molecule has 0 aliphatic carbocycles. The number of phenolic OH excluding ortho intramolecular Hbond substituents is 2. The maximum Gasteiger partial charge on any atom is 0.334 e. The minimum Gasteiger partial charge on any atom is -0.508 e. The molecule has 0 spiro atoms. The fourth-order valence-corrected chi connectivity index (χ4v) is 8.15. The van der Waals surface area contributed by atoms with Gasteiger partial charge in [-0.05, 0) is 75.6 Å². The second-order valence-corrected chi connectivity index (χ2v) is 11.5. The molecule has 0 saturated heterocycles. The molecular formula is C20H32O7P2S2. The number of para-hydroxylation sites is 2. The molecule has 0 atom stereocenters. The Morgan fingerprint density at radius 2 is 0.839 bits per heavy atom. The van der Waals surface area contributed by atoms with Crippen molar-refractivity contribution in [3.63, 3.8) is 0 Å². The van der Waals surface area contributed by atoms with Gasteiger partial charge in [-0.15, -0.1) is 0 Å². The lowest BCUT2D eigenvalue weighted by Gasteiger charge is -2.27. The number of rotatable bonds is 10. The van der Waals surface area contributed by atoms with Gasteiger partial charge in [0.15, 0.2) is 0 Å². The molecule has 2 rings (SSSR count). The lowest BCUT2D eigenvalue weighted by Crippen LogP contribution is -2.03. The van der Waals surface area contributed by atoms with Gasteiger partial charge in [0.2, 0.25) is 0 Å². The van der Waals surface area contributed by atoms with E-state index in [9.17, 15) is 0 Å². The highest BCUT2D eigenvalue weighted by molar-refractivity contribution is 8.14. The standard InChI is InChI=1S/C8H20O5P2S2.2C6H6O/c1-5-9-14(16,10-6-2)13-15(17,11-7-3)12-8-4;2*7-6-4-2-1-3-5-6/h5-8H2,1-4H3;2*1-5,7H. The lowest BCUT2D eigenvalue weighted by atomic mass is 10.3. The fraction of sp³-hybridized carbons (Fsp3) is 0.400. The van der Waals surface area contributed by atoms with Crippen LogP contribution in [-0.4, -0.2) is 36.6 Å². The summed E-state index contributed by atoms with van der Waals surface area (Å²) in [6, 6.07) is 17.4. The topological polar surface area (TPSA) is 86.6 Å². The van der Waals surface area contributed by atoms with E-state index in [-0.39, 0.29) is 0 Å². The second kappa shape index (κ2) is 17.7. The van der Waals surface area contributed by atoms with Gasteiger partial charge in [0.05, 0.1) is 26.4 Å². The van der Waals surface area contributed by atoms with E-state index in [0.29, 0.717) is 37.9 Å². The van der Waals surface area contributed by atoms with Crippen molar-refractivity contribution in [1.29, 1.82) is 0 Å². The van der Waals surface area contributed by atoms with Crippen molar-refractivity contribution >= 4 is 37.1 Å². The molecule has 0 aliphatic heterocycles. The smallest absolute Gasteiger partial charge is 0.334 e. The molecule has 2 aromatic rings. The van der Waals surface area contributed by atoms with Gasteiger partial charge >= 0.3 is 13.4 Å². The van der Waals surface area contributed by atoms with Crippen molar-refractivity contribution < 1.29 is 32.6 Å². The van der Waals surface area contributed by atoms with Gasteiger partial charge < -0.3 is 28.3 Å². The Labute approximate surface area is 195 Å². The first-order valence-electron chi connectivity index (χ1n) is 9.71. The van der Waals surface area contributed by atoms with Gasteiger partial charge in [-0.2, -0.15) is 0 Å². The van der Waals surface area contributed by atoms with Crippen molar-refractivity contribution in [3.8, 4) is 11.5 Å². The SMILES string of the molecule is CCOP(=S)(OCC)OP(=S)(OCC)OCC.Oc1ccccc1.Oc1ccccc1. The first-order chi connectivity index (χ1) is 14.7. The molecule has 0 aromatic heterocycles. The third-order valence-corrected chi connectivity index (χ3v) is 9.22. The lowest BCUT2D eigenvalue weighted by molar-refractivity contribution is 0.176. The summed E-state index contributed by atoms with van der Waals surface area (Å²) in [5, 5.41) is 17.3. The monoisotopic (exact) mass is 510 g/mol. The zero-order valence-electron chi connectivity index (χ0n) is 18.2. The molecule has 0 aliphatic rings. The summed E-state index contributed by atoms with van der Waals surface area (Å²) in [5.74, 6) is 0.644. The van der Waals surface area contributed by atoms with Gasteiger partial charge in [-0.25, -0.2) is 4.31 Å². The molecule has 0 bridgehead atoms. The van der Waals surface area contributed by atoms with Crippen LogP contribution in [0.2, 0.25) is 0 Å². The summed E-state index contributed by atoms with van der Waals surface area (Å²) in [6.07, 6.45) is 0. The van der Waals surface area contributed by atoms with E-state index in [1.165, 1.54) is 0 Å². The van der Waals surface area contributed by atoms with Crippen molar-refractivity contribution in [1.82, 2.24) is 0 Å². The molecule has 7 nitrogen and oxygen atoms in total. The maximum absolute atomic E-state index is 8.63. The molecule has 0 saturated carbocycles. The number of aromatic hydroxyl groups is 2. The summed E-state index contributed by atoms with van der Waals surface area (Å²) >= 11 is 10.4. The molecule has 31 heavy (non-hydrogen) atoms. The van der Waals surface area contributed by atoms with E-state index in [2.05, 4.69) is 0 Å². The molecule has 0 fully saturated rings. The largest absolute Gasteiger partial charge is 0.508 e. The molecule has 0 heterocycles. The summed E-state index contributed by atoms with van der Waals surface area (Å²) in [5.41, 5.74) is 0. The predicted molar refractivity (Wildman–Crippen MR) is 132 cm³/mol. The van der Waals surface area contributed by atoms with Crippen molar-refractivity contribution in [2.24, 2.45) is 0 Å². The third kappa shape index (κ3) is 15.6. The summed E-state index contributed by atoms with van der Waals surface area (Å²) in [4.78, 5) is 0. The van der Waals surface area contributed by atoms with Crippen LogP contribution in [0.3, 0.4) is 0 Å². The van der Waals surface area contributed by atoms with E-state index in [1.54, 1.807) is 48.5 Å². The normalized spacial score (nSPS) is 11.0. The Bertz CT molecular complexity index is 694.